The molecule has 0 saturated heterocycles. The Morgan fingerprint density at radius 3 is 2.40 bits per heavy atom. The van der Waals surface area contributed by atoms with Crippen molar-refractivity contribution in [2.45, 2.75) is 31.3 Å². The average Bonchev–Trinajstić information content (AvgIpc) is 2.65. The summed E-state index contributed by atoms with van der Waals surface area (Å²) in [7, 11) is 1.47. The van der Waals surface area contributed by atoms with Gasteiger partial charge in [-0.05, 0) is 51.1 Å². The van der Waals surface area contributed by atoms with E-state index in [4.69, 9.17) is 15.2 Å². The zero-order valence-corrected chi connectivity index (χ0v) is 18.1. The number of thioether (sulfide) groups is 1. The van der Waals surface area contributed by atoms with Crippen molar-refractivity contribution in [1.82, 2.24) is 0 Å². The SMILES string of the molecule is COc1ccc(NC(=O)c2ccccc2SCC(N)=O)cc1NC(=O)OC(C)(C)C. The van der Waals surface area contributed by atoms with Gasteiger partial charge in [-0.2, -0.15) is 0 Å². The van der Waals surface area contributed by atoms with Crippen molar-refractivity contribution in [2.75, 3.05) is 23.5 Å². The molecule has 9 heteroatoms. The van der Waals surface area contributed by atoms with Gasteiger partial charge in [0.1, 0.15) is 11.4 Å². The highest BCUT2D eigenvalue weighted by Gasteiger charge is 2.18. The highest BCUT2D eigenvalue weighted by molar-refractivity contribution is 8.00. The maximum Gasteiger partial charge on any atom is 0.412 e. The molecule has 0 spiro atoms. The summed E-state index contributed by atoms with van der Waals surface area (Å²) >= 11 is 1.19. The molecule has 0 unspecified atom stereocenters. The highest BCUT2D eigenvalue weighted by Crippen LogP contribution is 2.29. The van der Waals surface area contributed by atoms with Crippen LogP contribution in [0.15, 0.2) is 47.4 Å². The van der Waals surface area contributed by atoms with Crippen LogP contribution in [-0.2, 0) is 9.53 Å². The van der Waals surface area contributed by atoms with Crippen LogP contribution in [0.4, 0.5) is 16.2 Å². The van der Waals surface area contributed by atoms with E-state index in [0.717, 1.165) is 0 Å². The fourth-order valence-electron chi connectivity index (χ4n) is 2.42. The van der Waals surface area contributed by atoms with Crippen LogP contribution >= 0.6 is 11.8 Å². The van der Waals surface area contributed by atoms with Gasteiger partial charge in [0.25, 0.3) is 5.91 Å². The van der Waals surface area contributed by atoms with Gasteiger partial charge in [-0.15, -0.1) is 11.8 Å². The minimum Gasteiger partial charge on any atom is -0.495 e. The first kappa shape index (κ1) is 23.1. The van der Waals surface area contributed by atoms with Gasteiger partial charge < -0.3 is 20.5 Å². The molecule has 30 heavy (non-hydrogen) atoms. The third kappa shape index (κ3) is 7.00. The summed E-state index contributed by atoms with van der Waals surface area (Å²) in [4.78, 5) is 36.6. The van der Waals surface area contributed by atoms with Crippen LogP contribution in [0.25, 0.3) is 0 Å². The first-order valence-electron chi connectivity index (χ1n) is 9.08. The summed E-state index contributed by atoms with van der Waals surface area (Å²) in [6.07, 6.45) is -0.641. The fourth-order valence-corrected chi connectivity index (χ4v) is 3.21. The number of primary amides is 1. The average molecular weight is 432 g/mol. The van der Waals surface area contributed by atoms with Gasteiger partial charge in [0.05, 0.1) is 24.1 Å². The lowest BCUT2D eigenvalue weighted by Crippen LogP contribution is -2.27. The molecular formula is C21H25N3O5S. The number of hydrogen-bond acceptors (Lipinski definition) is 6. The van der Waals surface area contributed by atoms with Crippen LogP contribution in [-0.4, -0.2) is 36.4 Å². The first-order chi connectivity index (χ1) is 14.1. The number of amides is 3. The second kappa shape index (κ2) is 10.0. The van der Waals surface area contributed by atoms with Crippen molar-refractivity contribution in [1.29, 1.82) is 0 Å². The number of benzene rings is 2. The largest absolute Gasteiger partial charge is 0.495 e. The number of hydrogen-bond donors (Lipinski definition) is 3. The Bertz CT molecular complexity index is 940. The number of nitrogens with two attached hydrogens (primary N) is 1. The molecule has 0 radical (unpaired) electrons. The minimum absolute atomic E-state index is 0.0663. The molecular weight excluding hydrogens is 406 g/mol. The topological polar surface area (TPSA) is 120 Å². The van der Waals surface area contributed by atoms with Crippen LogP contribution < -0.4 is 21.1 Å². The van der Waals surface area contributed by atoms with Crippen LogP contribution in [0.2, 0.25) is 0 Å². The number of methoxy groups -OCH3 is 1. The van der Waals surface area contributed by atoms with Crippen molar-refractivity contribution < 1.29 is 23.9 Å². The quantitative estimate of drug-likeness (QED) is 0.573. The van der Waals surface area contributed by atoms with E-state index in [1.165, 1.54) is 18.9 Å². The monoisotopic (exact) mass is 431 g/mol. The van der Waals surface area contributed by atoms with Gasteiger partial charge in [0.15, 0.2) is 0 Å². The number of rotatable bonds is 7. The van der Waals surface area contributed by atoms with E-state index in [9.17, 15) is 14.4 Å². The fraction of sp³-hybridized carbons (Fsp3) is 0.286. The van der Waals surface area contributed by atoms with Gasteiger partial charge in [-0.3, -0.25) is 14.9 Å². The van der Waals surface area contributed by atoms with Gasteiger partial charge >= 0.3 is 6.09 Å². The summed E-state index contributed by atoms with van der Waals surface area (Å²) < 4.78 is 10.5. The second-order valence-corrected chi connectivity index (χ2v) is 8.26. The summed E-state index contributed by atoms with van der Waals surface area (Å²) in [5.41, 5.74) is 5.74. The first-order valence-corrected chi connectivity index (χ1v) is 10.1. The van der Waals surface area contributed by atoms with Gasteiger partial charge in [-0.1, -0.05) is 12.1 Å². The molecule has 0 heterocycles. The third-order valence-electron chi connectivity index (χ3n) is 3.59. The van der Waals surface area contributed by atoms with E-state index in [-0.39, 0.29) is 11.7 Å². The Balaban J connectivity index is 2.20. The molecule has 0 aromatic heterocycles. The molecule has 0 saturated carbocycles. The smallest absolute Gasteiger partial charge is 0.412 e. The number of carbonyl (C=O) groups is 3. The third-order valence-corrected chi connectivity index (χ3v) is 4.69. The summed E-state index contributed by atoms with van der Waals surface area (Å²) in [5, 5.41) is 5.41. The van der Waals surface area contributed by atoms with Gasteiger partial charge in [0.2, 0.25) is 5.91 Å². The molecule has 0 bridgehead atoms. The van der Waals surface area contributed by atoms with E-state index in [1.807, 2.05) is 0 Å². The molecule has 2 aromatic rings. The van der Waals surface area contributed by atoms with Crippen molar-refractivity contribution in [3.63, 3.8) is 0 Å². The molecule has 0 atom stereocenters. The second-order valence-electron chi connectivity index (χ2n) is 7.25. The van der Waals surface area contributed by atoms with E-state index in [2.05, 4.69) is 10.6 Å². The Kier molecular flexibility index (Phi) is 7.71. The molecule has 0 aliphatic rings. The van der Waals surface area contributed by atoms with Crippen molar-refractivity contribution in [3.8, 4) is 5.75 Å². The van der Waals surface area contributed by atoms with Crippen LogP contribution in [0, 0.1) is 0 Å². The lowest BCUT2D eigenvalue weighted by atomic mass is 10.2. The summed E-state index contributed by atoms with van der Waals surface area (Å²) in [6.45, 7) is 5.27. The molecule has 8 nitrogen and oxygen atoms in total. The zero-order valence-electron chi connectivity index (χ0n) is 17.3. The lowest BCUT2D eigenvalue weighted by Gasteiger charge is -2.20. The van der Waals surface area contributed by atoms with E-state index in [1.54, 1.807) is 63.2 Å². The molecule has 0 aliphatic heterocycles. The van der Waals surface area contributed by atoms with Gasteiger partial charge in [-0.25, -0.2) is 4.79 Å². The predicted octanol–water partition coefficient (Wildman–Crippen LogP) is 3.87. The normalized spacial score (nSPS) is 10.8. The molecule has 0 aliphatic carbocycles. The molecule has 3 amide bonds. The van der Waals surface area contributed by atoms with Gasteiger partial charge in [0, 0.05) is 10.6 Å². The lowest BCUT2D eigenvalue weighted by molar-refractivity contribution is -0.115. The number of ether oxygens (including phenoxy) is 2. The molecule has 2 aromatic carbocycles. The summed E-state index contributed by atoms with van der Waals surface area (Å²) in [5.74, 6) is -0.355. The Labute approximate surface area is 179 Å². The van der Waals surface area contributed by atoms with Crippen molar-refractivity contribution in [2.24, 2.45) is 5.73 Å². The molecule has 0 fully saturated rings. The van der Waals surface area contributed by atoms with Crippen LogP contribution in [0.1, 0.15) is 31.1 Å². The molecule has 160 valence electrons. The predicted molar refractivity (Wildman–Crippen MR) is 117 cm³/mol. The maximum absolute atomic E-state index is 12.8. The Morgan fingerprint density at radius 1 is 1.07 bits per heavy atom. The Morgan fingerprint density at radius 2 is 1.77 bits per heavy atom. The molecule has 2 rings (SSSR count). The number of carbonyl (C=O) groups excluding carboxylic acids is 3. The van der Waals surface area contributed by atoms with Crippen LogP contribution in [0.3, 0.4) is 0 Å². The van der Waals surface area contributed by atoms with E-state index < -0.39 is 17.6 Å². The zero-order chi connectivity index (χ0) is 22.3. The molecule has 4 N–H and O–H groups in total. The maximum atomic E-state index is 12.8. The minimum atomic E-state index is -0.657. The van der Waals surface area contributed by atoms with E-state index >= 15 is 0 Å². The summed E-state index contributed by atoms with van der Waals surface area (Å²) in [6, 6.07) is 11.7. The number of nitrogens with one attached hydrogen (secondary N) is 2. The standard InChI is InChI=1S/C21H25N3O5S/c1-21(2,3)29-20(27)24-15-11-13(9-10-16(15)28-4)23-19(26)14-7-5-6-8-17(14)30-12-18(22)25/h5-11H,12H2,1-4H3,(H2,22,25)(H,23,26)(H,24,27). The van der Waals surface area contributed by atoms with E-state index in [0.29, 0.717) is 27.6 Å². The highest BCUT2D eigenvalue weighted by atomic mass is 32.2. The van der Waals surface area contributed by atoms with Crippen molar-refractivity contribution >= 4 is 41.0 Å². The Hall–Kier alpha value is -3.20. The number of anilines is 2. The van der Waals surface area contributed by atoms with Crippen molar-refractivity contribution in [3.05, 3.63) is 48.0 Å². The van der Waals surface area contributed by atoms with Crippen LogP contribution in [0.5, 0.6) is 5.75 Å².